The molecular formula is C15H22FN. The number of hydrogen-bond donors (Lipinski definition) is 1. The lowest BCUT2D eigenvalue weighted by atomic mass is 9.90. The zero-order valence-electron chi connectivity index (χ0n) is 10.8. The number of halogens is 1. The molecule has 2 rings (SSSR count). The van der Waals surface area contributed by atoms with Crippen LogP contribution >= 0.6 is 0 Å². The van der Waals surface area contributed by atoms with Crippen molar-refractivity contribution in [3.8, 4) is 0 Å². The van der Waals surface area contributed by atoms with E-state index in [1.54, 1.807) is 6.07 Å². The third-order valence-corrected chi connectivity index (χ3v) is 3.84. The van der Waals surface area contributed by atoms with Crippen molar-refractivity contribution in [2.75, 3.05) is 6.54 Å². The van der Waals surface area contributed by atoms with E-state index in [0.717, 1.165) is 30.0 Å². The van der Waals surface area contributed by atoms with Crippen molar-refractivity contribution >= 4 is 0 Å². The van der Waals surface area contributed by atoms with Gasteiger partial charge in [0.15, 0.2) is 0 Å². The van der Waals surface area contributed by atoms with Gasteiger partial charge in [-0.3, -0.25) is 0 Å². The Bertz CT molecular complexity index is 367. The van der Waals surface area contributed by atoms with Crippen LogP contribution in [0.5, 0.6) is 0 Å². The van der Waals surface area contributed by atoms with Gasteiger partial charge in [-0.15, -0.1) is 0 Å². The monoisotopic (exact) mass is 235 g/mol. The molecule has 1 nitrogen and oxygen atoms in total. The van der Waals surface area contributed by atoms with Gasteiger partial charge in [-0.2, -0.15) is 0 Å². The molecular weight excluding hydrogens is 213 g/mol. The first-order valence-corrected chi connectivity index (χ1v) is 6.63. The summed E-state index contributed by atoms with van der Waals surface area (Å²) in [5.74, 6) is 0.688. The topological polar surface area (TPSA) is 12.0 Å². The SMILES string of the molecule is Cc1ccc(CCC2CCC(C)NC2)cc1F. The standard InChI is InChI=1S/C15H22FN/c1-11-3-5-13(9-15(11)16)7-8-14-6-4-12(2)17-10-14/h3,5,9,12,14,17H,4,6-8,10H2,1-2H3. The molecule has 1 heterocycles. The maximum atomic E-state index is 13.4. The Morgan fingerprint density at radius 1 is 1.35 bits per heavy atom. The molecule has 1 N–H and O–H groups in total. The Kier molecular flexibility index (Phi) is 4.16. The first-order valence-electron chi connectivity index (χ1n) is 6.63. The van der Waals surface area contributed by atoms with E-state index < -0.39 is 0 Å². The molecule has 0 spiro atoms. The van der Waals surface area contributed by atoms with Crippen LogP contribution in [0.3, 0.4) is 0 Å². The largest absolute Gasteiger partial charge is 0.314 e. The van der Waals surface area contributed by atoms with Gasteiger partial charge in [0.05, 0.1) is 0 Å². The molecule has 0 aliphatic carbocycles. The van der Waals surface area contributed by atoms with Gasteiger partial charge in [-0.1, -0.05) is 12.1 Å². The Morgan fingerprint density at radius 2 is 2.18 bits per heavy atom. The summed E-state index contributed by atoms with van der Waals surface area (Å²) >= 11 is 0. The zero-order valence-corrected chi connectivity index (χ0v) is 10.8. The minimum atomic E-state index is -0.0714. The summed E-state index contributed by atoms with van der Waals surface area (Å²) in [4.78, 5) is 0. The highest BCUT2D eigenvalue weighted by Gasteiger charge is 2.17. The molecule has 2 unspecified atom stereocenters. The Hall–Kier alpha value is -0.890. The third kappa shape index (κ3) is 3.53. The van der Waals surface area contributed by atoms with Crippen LogP contribution in [-0.4, -0.2) is 12.6 Å². The average Bonchev–Trinajstić information content (AvgIpc) is 2.33. The van der Waals surface area contributed by atoms with Gasteiger partial charge in [0.25, 0.3) is 0 Å². The third-order valence-electron chi connectivity index (χ3n) is 3.84. The molecule has 1 aliphatic rings. The van der Waals surface area contributed by atoms with E-state index in [1.165, 1.54) is 19.3 Å². The van der Waals surface area contributed by atoms with Crippen molar-refractivity contribution in [3.05, 3.63) is 35.1 Å². The highest BCUT2D eigenvalue weighted by molar-refractivity contribution is 5.23. The molecule has 0 saturated carbocycles. The fourth-order valence-corrected chi connectivity index (χ4v) is 2.47. The lowest BCUT2D eigenvalue weighted by molar-refractivity contribution is 0.309. The molecule has 17 heavy (non-hydrogen) atoms. The number of hydrogen-bond acceptors (Lipinski definition) is 1. The first kappa shape index (κ1) is 12.6. The van der Waals surface area contributed by atoms with Crippen LogP contribution < -0.4 is 5.32 Å². The molecule has 2 heteroatoms. The van der Waals surface area contributed by atoms with Gasteiger partial charge in [-0.05, 0) is 69.2 Å². The first-order chi connectivity index (χ1) is 8.15. The van der Waals surface area contributed by atoms with Crippen LogP contribution in [0.1, 0.15) is 37.3 Å². The molecule has 1 fully saturated rings. The quantitative estimate of drug-likeness (QED) is 0.846. The lowest BCUT2D eigenvalue weighted by Gasteiger charge is -2.27. The van der Waals surface area contributed by atoms with E-state index in [2.05, 4.69) is 18.3 Å². The second-order valence-corrected chi connectivity index (χ2v) is 5.37. The number of benzene rings is 1. The van der Waals surface area contributed by atoms with Crippen molar-refractivity contribution < 1.29 is 4.39 Å². The summed E-state index contributed by atoms with van der Waals surface area (Å²) < 4.78 is 13.4. The van der Waals surface area contributed by atoms with E-state index in [0.29, 0.717) is 6.04 Å². The fourth-order valence-electron chi connectivity index (χ4n) is 2.47. The summed E-state index contributed by atoms with van der Waals surface area (Å²) in [5, 5.41) is 3.51. The Labute approximate surface area is 103 Å². The molecule has 1 aromatic carbocycles. The summed E-state index contributed by atoms with van der Waals surface area (Å²) in [7, 11) is 0. The zero-order chi connectivity index (χ0) is 12.3. The molecule has 0 bridgehead atoms. The smallest absolute Gasteiger partial charge is 0.126 e. The van der Waals surface area contributed by atoms with Crippen molar-refractivity contribution in [3.63, 3.8) is 0 Å². The molecule has 1 aliphatic heterocycles. The molecule has 0 aromatic heterocycles. The lowest BCUT2D eigenvalue weighted by Crippen LogP contribution is -2.36. The summed E-state index contributed by atoms with van der Waals surface area (Å²) in [6.45, 7) is 5.17. The van der Waals surface area contributed by atoms with Crippen molar-refractivity contribution in [1.82, 2.24) is 5.32 Å². The minimum Gasteiger partial charge on any atom is -0.314 e. The van der Waals surface area contributed by atoms with Crippen LogP contribution in [0.25, 0.3) is 0 Å². The number of nitrogens with one attached hydrogen (secondary N) is 1. The van der Waals surface area contributed by atoms with E-state index >= 15 is 0 Å². The molecule has 1 aromatic rings. The molecule has 2 atom stereocenters. The van der Waals surface area contributed by atoms with E-state index in [-0.39, 0.29) is 5.82 Å². The van der Waals surface area contributed by atoms with Crippen LogP contribution in [-0.2, 0) is 6.42 Å². The number of aryl methyl sites for hydroxylation is 2. The predicted molar refractivity (Wildman–Crippen MR) is 69.6 cm³/mol. The van der Waals surface area contributed by atoms with E-state index in [1.807, 2.05) is 13.0 Å². The fraction of sp³-hybridized carbons (Fsp3) is 0.600. The minimum absolute atomic E-state index is 0.0714. The van der Waals surface area contributed by atoms with Gasteiger partial charge >= 0.3 is 0 Å². The normalized spacial score (nSPS) is 24.9. The van der Waals surface area contributed by atoms with Crippen molar-refractivity contribution in [1.29, 1.82) is 0 Å². The Morgan fingerprint density at radius 3 is 2.82 bits per heavy atom. The van der Waals surface area contributed by atoms with Crippen LogP contribution in [0.2, 0.25) is 0 Å². The maximum Gasteiger partial charge on any atom is 0.126 e. The van der Waals surface area contributed by atoms with Gasteiger partial charge in [-0.25, -0.2) is 4.39 Å². The second kappa shape index (κ2) is 5.63. The number of rotatable bonds is 3. The predicted octanol–water partition coefficient (Wildman–Crippen LogP) is 3.45. The van der Waals surface area contributed by atoms with Gasteiger partial charge < -0.3 is 5.32 Å². The van der Waals surface area contributed by atoms with Gasteiger partial charge in [0.1, 0.15) is 5.82 Å². The van der Waals surface area contributed by atoms with Crippen LogP contribution in [0.4, 0.5) is 4.39 Å². The van der Waals surface area contributed by atoms with Crippen LogP contribution in [0, 0.1) is 18.7 Å². The molecule has 0 radical (unpaired) electrons. The van der Waals surface area contributed by atoms with Crippen molar-refractivity contribution in [2.45, 2.75) is 45.6 Å². The molecule has 94 valence electrons. The van der Waals surface area contributed by atoms with Crippen molar-refractivity contribution in [2.24, 2.45) is 5.92 Å². The van der Waals surface area contributed by atoms with E-state index in [9.17, 15) is 4.39 Å². The van der Waals surface area contributed by atoms with Crippen LogP contribution in [0.15, 0.2) is 18.2 Å². The highest BCUT2D eigenvalue weighted by Crippen LogP contribution is 2.20. The number of piperidine rings is 1. The highest BCUT2D eigenvalue weighted by atomic mass is 19.1. The summed E-state index contributed by atoms with van der Waals surface area (Å²) in [6.07, 6.45) is 4.75. The average molecular weight is 235 g/mol. The maximum absolute atomic E-state index is 13.4. The molecule has 1 saturated heterocycles. The Balaban J connectivity index is 1.83. The summed E-state index contributed by atoms with van der Waals surface area (Å²) in [5.41, 5.74) is 1.87. The molecule has 0 amide bonds. The van der Waals surface area contributed by atoms with Gasteiger partial charge in [0.2, 0.25) is 0 Å². The van der Waals surface area contributed by atoms with E-state index in [4.69, 9.17) is 0 Å². The summed E-state index contributed by atoms with van der Waals surface area (Å²) in [6, 6.07) is 6.29. The van der Waals surface area contributed by atoms with Gasteiger partial charge in [0, 0.05) is 6.04 Å². The second-order valence-electron chi connectivity index (χ2n) is 5.37.